The zero-order valence-electron chi connectivity index (χ0n) is 15.1. The number of guanidine groups is 1. The van der Waals surface area contributed by atoms with E-state index in [1.165, 1.54) is 18.2 Å². The van der Waals surface area contributed by atoms with Gasteiger partial charge in [-0.05, 0) is 52.3 Å². The lowest BCUT2D eigenvalue weighted by molar-refractivity contribution is -0.122. The molecule has 2 amide bonds. The molecule has 1 atom stereocenters. The van der Waals surface area contributed by atoms with E-state index in [-0.39, 0.29) is 17.6 Å². The quantitative estimate of drug-likeness (QED) is 0.802. The Morgan fingerprint density at radius 1 is 1.38 bits per heavy atom. The number of benzene rings is 1. The number of carbonyl (C=O) groups is 2. The largest absolute Gasteiger partial charge is 0.444 e. The molecule has 0 aliphatic carbocycles. The number of rotatable bonds is 1. The first-order valence-electron chi connectivity index (χ1n) is 8.62. The van der Waals surface area contributed by atoms with E-state index in [4.69, 9.17) is 4.74 Å². The number of anilines is 1. The summed E-state index contributed by atoms with van der Waals surface area (Å²) in [5.41, 5.74) is -1.69. The fraction of sp³-hybridized carbons (Fsp3) is 0.500. The molecule has 3 rings (SSSR count). The SMILES string of the molecule is CC(C)(C)OC(=O)NC1=NC2(CCCNC2)C(=O)N1c1ccccc1F. The fourth-order valence-electron chi connectivity index (χ4n) is 3.11. The number of amides is 2. The van der Waals surface area contributed by atoms with Crippen molar-refractivity contribution >= 4 is 23.6 Å². The van der Waals surface area contributed by atoms with Crippen molar-refractivity contribution in [3.63, 3.8) is 0 Å². The minimum atomic E-state index is -1.04. The van der Waals surface area contributed by atoms with Crippen LogP contribution in [0.15, 0.2) is 29.3 Å². The minimum absolute atomic E-state index is 0.0157. The molecule has 26 heavy (non-hydrogen) atoms. The van der Waals surface area contributed by atoms with E-state index in [0.717, 1.165) is 17.9 Å². The molecule has 1 aromatic rings. The van der Waals surface area contributed by atoms with Gasteiger partial charge in [-0.2, -0.15) is 0 Å². The van der Waals surface area contributed by atoms with E-state index in [9.17, 15) is 14.0 Å². The highest BCUT2D eigenvalue weighted by atomic mass is 19.1. The fourth-order valence-corrected chi connectivity index (χ4v) is 3.11. The number of para-hydroxylation sites is 1. The topological polar surface area (TPSA) is 83.0 Å². The maximum Gasteiger partial charge on any atom is 0.414 e. The Balaban J connectivity index is 1.95. The Hall–Kier alpha value is -2.48. The molecule has 140 valence electrons. The molecule has 7 nitrogen and oxygen atoms in total. The van der Waals surface area contributed by atoms with Crippen molar-refractivity contribution in [1.82, 2.24) is 10.6 Å². The lowest BCUT2D eigenvalue weighted by atomic mass is 9.90. The predicted octanol–water partition coefficient (Wildman–Crippen LogP) is 2.18. The molecule has 2 aliphatic rings. The van der Waals surface area contributed by atoms with Crippen molar-refractivity contribution in [2.24, 2.45) is 4.99 Å². The van der Waals surface area contributed by atoms with E-state index in [1.807, 2.05) is 0 Å². The van der Waals surface area contributed by atoms with E-state index in [1.54, 1.807) is 26.8 Å². The number of ether oxygens (including phenoxy) is 1. The highest BCUT2D eigenvalue weighted by Crippen LogP contribution is 2.33. The number of nitrogens with one attached hydrogen (secondary N) is 2. The third-order valence-electron chi connectivity index (χ3n) is 4.20. The summed E-state index contributed by atoms with van der Waals surface area (Å²) < 4.78 is 19.6. The zero-order chi connectivity index (χ0) is 18.9. The highest BCUT2D eigenvalue weighted by molar-refractivity contribution is 6.26. The van der Waals surface area contributed by atoms with Gasteiger partial charge in [-0.3, -0.25) is 10.1 Å². The smallest absolute Gasteiger partial charge is 0.414 e. The van der Waals surface area contributed by atoms with Crippen LogP contribution in [-0.2, 0) is 9.53 Å². The lowest BCUT2D eigenvalue weighted by Gasteiger charge is -2.30. The number of nitrogens with zero attached hydrogens (tertiary/aromatic N) is 2. The molecule has 0 radical (unpaired) electrons. The number of carbonyl (C=O) groups excluding carboxylic acids is 2. The van der Waals surface area contributed by atoms with Crippen molar-refractivity contribution < 1.29 is 18.7 Å². The average molecular weight is 362 g/mol. The Morgan fingerprint density at radius 2 is 2.12 bits per heavy atom. The van der Waals surface area contributed by atoms with Gasteiger partial charge in [-0.15, -0.1) is 0 Å². The van der Waals surface area contributed by atoms with Crippen LogP contribution in [0.2, 0.25) is 0 Å². The van der Waals surface area contributed by atoms with Crippen LogP contribution < -0.4 is 15.5 Å². The summed E-state index contributed by atoms with van der Waals surface area (Å²) in [6.45, 7) is 6.33. The summed E-state index contributed by atoms with van der Waals surface area (Å²) >= 11 is 0. The second kappa shape index (κ2) is 6.68. The minimum Gasteiger partial charge on any atom is -0.444 e. The van der Waals surface area contributed by atoms with Gasteiger partial charge in [0, 0.05) is 6.54 Å². The summed E-state index contributed by atoms with van der Waals surface area (Å²) in [7, 11) is 0. The van der Waals surface area contributed by atoms with Crippen LogP contribution >= 0.6 is 0 Å². The standard InChI is InChI=1S/C18H23FN4O3/c1-17(2,3)26-16(25)21-15-22-18(9-6-10-20-11-18)14(24)23(15)13-8-5-4-7-12(13)19/h4-5,7-8,20H,6,9-11H2,1-3H3,(H,21,22,25). The number of piperidine rings is 1. The Bertz CT molecular complexity index is 751. The number of hydrogen-bond acceptors (Lipinski definition) is 5. The third-order valence-corrected chi connectivity index (χ3v) is 4.20. The number of hydrogen-bond donors (Lipinski definition) is 2. The Kier molecular flexibility index (Phi) is 4.70. The van der Waals surface area contributed by atoms with Crippen molar-refractivity contribution in [1.29, 1.82) is 0 Å². The molecule has 1 spiro atoms. The van der Waals surface area contributed by atoms with E-state index in [0.29, 0.717) is 13.0 Å². The van der Waals surface area contributed by atoms with Gasteiger partial charge >= 0.3 is 6.09 Å². The summed E-state index contributed by atoms with van der Waals surface area (Å²) in [6.07, 6.45) is 0.551. The molecule has 2 aliphatic heterocycles. The molecule has 2 N–H and O–H groups in total. The molecule has 1 unspecified atom stereocenters. The molecular formula is C18H23FN4O3. The Morgan fingerprint density at radius 3 is 2.73 bits per heavy atom. The van der Waals surface area contributed by atoms with Gasteiger partial charge in [0.2, 0.25) is 5.96 Å². The molecule has 1 aromatic carbocycles. The van der Waals surface area contributed by atoms with Gasteiger partial charge in [0.1, 0.15) is 11.4 Å². The van der Waals surface area contributed by atoms with E-state index >= 15 is 0 Å². The maximum absolute atomic E-state index is 14.3. The molecule has 0 aromatic heterocycles. The summed E-state index contributed by atoms with van der Waals surface area (Å²) in [6, 6.07) is 5.91. The zero-order valence-corrected chi connectivity index (χ0v) is 15.1. The van der Waals surface area contributed by atoms with Crippen molar-refractivity contribution in [2.45, 2.75) is 44.8 Å². The third kappa shape index (κ3) is 3.55. The maximum atomic E-state index is 14.3. The first-order valence-corrected chi connectivity index (χ1v) is 8.62. The first-order chi connectivity index (χ1) is 12.2. The number of halogens is 1. The van der Waals surface area contributed by atoms with Crippen LogP contribution in [0.1, 0.15) is 33.6 Å². The average Bonchev–Trinajstić information content (AvgIpc) is 2.79. The van der Waals surface area contributed by atoms with Crippen LogP contribution in [-0.4, -0.2) is 42.2 Å². The molecule has 1 saturated heterocycles. The van der Waals surface area contributed by atoms with Gasteiger partial charge in [-0.25, -0.2) is 19.1 Å². The van der Waals surface area contributed by atoms with Crippen LogP contribution in [0.5, 0.6) is 0 Å². The van der Waals surface area contributed by atoms with Crippen molar-refractivity contribution in [3.05, 3.63) is 30.1 Å². The second-order valence-corrected chi connectivity index (χ2v) is 7.47. The molecule has 1 fully saturated rings. The normalized spacial score (nSPS) is 23.2. The van der Waals surface area contributed by atoms with Crippen molar-refractivity contribution in [3.8, 4) is 0 Å². The molecule has 0 bridgehead atoms. The molecular weight excluding hydrogens is 339 g/mol. The second-order valence-electron chi connectivity index (χ2n) is 7.47. The van der Waals surface area contributed by atoms with Gasteiger partial charge in [0.15, 0.2) is 5.54 Å². The van der Waals surface area contributed by atoms with Gasteiger partial charge < -0.3 is 10.1 Å². The van der Waals surface area contributed by atoms with Crippen LogP contribution in [0.4, 0.5) is 14.9 Å². The molecule has 2 heterocycles. The summed E-state index contributed by atoms with van der Waals surface area (Å²) in [5.74, 6) is -0.945. The summed E-state index contributed by atoms with van der Waals surface area (Å²) in [5, 5.41) is 5.67. The van der Waals surface area contributed by atoms with Gasteiger partial charge in [0.25, 0.3) is 5.91 Å². The van der Waals surface area contributed by atoms with E-state index < -0.39 is 23.1 Å². The monoisotopic (exact) mass is 362 g/mol. The first kappa shape index (κ1) is 18.3. The lowest BCUT2D eigenvalue weighted by Crippen LogP contribution is -2.53. The van der Waals surface area contributed by atoms with Crippen molar-refractivity contribution in [2.75, 3.05) is 18.0 Å². The Labute approximate surface area is 151 Å². The van der Waals surface area contributed by atoms with Crippen LogP contribution in [0.25, 0.3) is 0 Å². The van der Waals surface area contributed by atoms with Gasteiger partial charge in [0.05, 0.1) is 5.69 Å². The predicted molar refractivity (Wildman–Crippen MR) is 95.5 cm³/mol. The van der Waals surface area contributed by atoms with Crippen LogP contribution in [0, 0.1) is 5.82 Å². The summed E-state index contributed by atoms with van der Waals surface area (Å²) in [4.78, 5) is 30.9. The number of alkyl carbamates (subject to hydrolysis) is 1. The highest BCUT2D eigenvalue weighted by Gasteiger charge is 2.50. The number of aliphatic imine (C=N–C) groups is 1. The molecule has 8 heteroatoms. The van der Waals surface area contributed by atoms with E-state index in [2.05, 4.69) is 15.6 Å². The molecule has 0 saturated carbocycles. The van der Waals surface area contributed by atoms with Crippen LogP contribution in [0.3, 0.4) is 0 Å². The van der Waals surface area contributed by atoms with Gasteiger partial charge in [-0.1, -0.05) is 12.1 Å².